The first-order chi connectivity index (χ1) is 5.79. The Labute approximate surface area is 76.9 Å². The largest absolute Gasteiger partial charge is 0.314 e. The summed E-state index contributed by atoms with van der Waals surface area (Å²) in [5.74, 6) is 0.871. The Morgan fingerprint density at radius 1 is 1.25 bits per heavy atom. The van der Waals surface area contributed by atoms with Gasteiger partial charge in [-0.3, -0.25) is 0 Å². The Bertz CT molecular complexity index is 104. The summed E-state index contributed by atoms with van der Waals surface area (Å²) in [5.41, 5.74) is 0. The van der Waals surface area contributed by atoms with Crippen molar-refractivity contribution in [1.29, 1.82) is 0 Å². The minimum atomic E-state index is 0.858. The van der Waals surface area contributed by atoms with Crippen LogP contribution in [-0.4, -0.2) is 12.6 Å². The van der Waals surface area contributed by atoms with Crippen LogP contribution in [0.15, 0.2) is 0 Å². The maximum Gasteiger partial charge on any atom is 0.00670 e. The topological polar surface area (TPSA) is 12.0 Å². The van der Waals surface area contributed by atoms with Crippen molar-refractivity contribution in [2.24, 2.45) is 5.92 Å². The normalized spacial score (nSPS) is 19.2. The molecule has 1 N–H and O–H groups in total. The second-order valence-corrected chi connectivity index (χ2v) is 4.47. The SMILES string of the molecule is CC(C)CCCNC1CCCC1. The molecule has 0 aromatic heterocycles. The third-order valence-corrected chi connectivity index (χ3v) is 2.75. The van der Waals surface area contributed by atoms with Crippen LogP contribution in [0.2, 0.25) is 0 Å². The molecule has 0 heterocycles. The molecule has 1 heteroatoms. The lowest BCUT2D eigenvalue weighted by Gasteiger charge is -2.11. The quantitative estimate of drug-likeness (QED) is 0.624. The predicted molar refractivity (Wildman–Crippen MR) is 54.3 cm³/mol. The van der Waals surface area contributed by atoms with E-state index in [1.165, 1.54) is 45.1 Å². The maximum absolute atomic E-state index is 3.64. The van der Waals surface area contributed by atoms with Crippen LogP contribution in [0.3, 0.4) is 0 Å². The summed E-state index contributed by atoms with van der Waals surface area (Å²) >= 11 is 0. The average Bonchev–Trinajstić information content (AvgIpc) is 2.49. The highest BCUT2D eigenvalue weighted by atomic mass is 14.9. The van der Waals surface area contributed by atoms with Gasteiger partial charge in [0.1, 0.15) is 0 Å². The lowest BCUT2D eigenvalue weighted by atomic mass is 10.1. The van der Waals surface area contributed by atoms with Gasteiger partial charge in [0.25, 0.3) is 0 Å². The van der Waals surface area contributed by atoms with E-state index < -0.39 is 0 Å². The van der Waals surface area contributed by atoms with E-state index >= 15 is 0 Å². The number of rotatable bonds is 5. The summed E-state index contributed by atoms with van der Waals surface area (Å²) in [6.07, 6.45) is 8.46. The van der Waals surface area contributed by atoms with Gasteiger partial charge in [-0.25, -0.2) is 0 Å². The highest BCUT2D eigenvalue weighted by Gasteiger charge is 2.12. The number of nitrogens with one attached hydrogen (secondary N) is 1. The molecule has 0 spiro atoms. The van der Waals surface area contributed by atoms with Crippen LogP contribution in [-0.2, 0) is 0 Å². The first-order valence-electron chi connectivity index (χ1n) is 5.52. The third kappa shape index (κ3) is 4.10. The highest BCUT2D eigenvalue weighted by Crippen LogP contribution is 2.17. The van der Waals surface area contributed by atoms with Crippen molar-refractivity contribution in [3.63, 3.8) is 0 Å². The molecule has 0 aromatic carbocycles. The predicted octanol–water partition coefficient (Wildman–Crippen LogP) is 2.95. The summed E-state index contributed by atoms with van der Waals surface area (Å²) in [6.45, 7) is 5.84. The minimum Gasteiger partial charge on any atom is -0.314 e. The van der Waals surface area contributed by atoms with Gasteiger partial charge in [-0.2, -0.15) is 0 Å². The third-order valence-electron chi connectivity index (χ3n) is 2.75. The van der Waals surface area contributed by atoms with Gasteiger partial charge in [0, 0.05) is 6.04 Å². The van der Waals surface area contributed by atoms with Gasteiger partial charge < -0.3 is 5.32 Å². The first kappa shape index (κ1) is 10.0. The van der Waals surface area contributed by atoms with Gasteiger partial charge in [0.05, 0.1) is 0 Å². The second-order valence-electron chi connectivity index (χ2n) is 4.47. The number of hydrogen-bond acceptors (Lipinski definition) is 1. The maximum atomic E-state index is 3.64. The lowest BCUT2D eigenvalue weighted by Crippen LogP contribution is -2.26. The summed E-state index contributed by atoms with van der Waals surface area (Å²) in [7, 11) is 0. The van der Waals surface area contributed by atoms with E-state index in [4.69, 9.17) is 0 Å². The smallest absolute Gasteiger partial charge is 0.00670 e. The summed E-state index contributed by atoms with van der Waals surface area (Å²) in [4.78, 5) is 0. The summed E-state index contributed by atoms with van der Waals surface area (Å²) < 4.78 is 0. The van der Waals surface area contributed by atoms with Gasteiger partial charge in [0.2, 0.25) is 0 Å². The van der Waals surface area contributed by atoms with E-state index in [2.05, 4.69) is 19.2 Å². The van der Waals surface area contributed by atoms with Gasteiger partial charge in [-0.15, -0.1) is 0 Å². The molecule has 1 fully saturated rings. The minimum absolute atomic E-state index is 0.858. The van der Waals surface area contributed by atoms with Crippen molar-refractivity contribution < 1.29 is 0 Å². The Balaban J connectivity index is 1.88. The van der Waals surface area contributed by atoms with Crippen LogP contribution in [0, 0.1) is 5.92 Å². The van der Waals surface area contributed by atoms with Crippen molar-refractivity contribution in [3.8, 4) is 0 Å². The van der Waals surface area contributed by atoms with Gasteiger partial charge in [0.15, 0.2) is 0 Å². The number of hydrogen-bond donors (Lipinski definition) is 1. The van der Waals surface area contributed by atoms with E-state index in [0.717, 1.165) is 12.0 Å². The molecule has 72 valence electrons. The second kappa shape index (κ2) is 5.58. The molecule has 12 heavy (non-hydrogen) atoms. The molecule has 1 saturated carbocycles. The molecule has 1 rings (SSSR count). The summed E-state index contributed by atoms with van der Waals surface area (Å²) in [6, 6.07) is 0.858. The van der Waals surface area contributed by atoms with Crippen molar-refractivity contribution in [1.82, 2.24) is 5.32 Å². The zero-order valence-electron chi connectivity index (χ0n) is 8.60. The average molecular weight is 169 g/mol. The Morgan fingerprint density at radius 3 is 2.50 bits per heavy atom. The molecule has 0 unspecified atom stereocenters. The standard InChI is InChI=1S/C11H23N/c1-10(2)6-5-9-12-11-7-3-4-8-11/h10-12H,3-9H2,1-2H3. The summed E-state index contributed by atoms with van der Waals surface area (Å²) in [5, 5.41) is 3.64. The zero-order chi connectivity index (χ0) is 8.81. The molecule has 1 aliphatic carbocycles. The molecular formula is C11H23N. The van der Waals surface area contributed by atoms with Crippen LogP contribution >= 0.6 is 0 Å². The molecule has 0 bridgehead atoms. The van der Waals surface area contributed by atoms with E-state index in [9.17, 15) is 0 Å². The molecule has 0 radical (unpaired) electrons. The Morgan fingerprint density at radius 2 is 1.92 bits per heavy atom. The molecule has 0 aliphatic heterocycles. The van der Waals surface area contributed by atoms with E-state index in [0.29, 0.717) is 0 Å². The van der Waals surface area contributed by atoms with Gasteiger partial charge >= 0.3 is 0 Å². The fraction of sp³-hybridized carbons (Fsp3) is 1.00. The first-order valence-corrected chi connectivity index (χ1v) is 5.52. The fourth-order valence-electron chi connectivity index (χ4n) is 1.95. The molecule has 1 aliphatic rings. The van der Waals surface area contributed by atoms with E-state index in [1.54, 1.807) is 0 Å². The lowest BCUT2D eigenvalue weighted by molar-refractivity contribution is 0.477. The Kier molecular flexibility index (Phi) is 4.67. The van der Waals surface area contributed by atoms with E-state index in [-0.39, 0.29) is 0 Å². The van der Waals surface area contributed by atoms with Crippen LogP contribution in [0.1, 0.15) is 52.4 Å². The van der Waals surface area contributed by atoms with Crippen molar-refractivity contribution in [2.75, 3.05) is 6.54 Å². The molecule has 0 amide bonds. The molecule has 0 saturated heterocycles. The van der Waals surface area contributed by atoms with Crippen molar-refractivity contribution in [2.45, 2.75) is 58.4 Å². The molecule has 0 aromatic rings. The van der Waals surface area contributed by atoms with Crippen LogP contribution in [0.4, 0.5) is 0 Å². The van der Waals surface area contributed by atoms with Crippen LogP contribution < -0.4 is 5.32 Å². The van der Waals surface area contributed by atoms with Gasteiger partial charge in [-0.05, 0) is 38.1 Å². The van der Waals surface area contributed by atoms with Crippen LogP contribution in [0.5, 0.6) is 0 Å². The molecule has 0 atom stereocenters. The van der Waals surface area contributed by atoms with Crippen molar-refractivity contribution >= 4 is 0 Å². The molecular weight excluding hydrogens is 146 g/mol. The zero-order valence-corrected chi connectivity index (χ0v) is 8.60. The van der Waals surface area contributed by atoms with Crippen molar-refractivity contribution in [3.05, 3.63) is 0 Å². The van der Waals surface area contributed by atoms with Crippen LogP contribution in [0.25, 0.3) is 0 Å². The fourth-order valence-corrected chi connectivity index (χ4v) is 1.95. The van der Waals surface area contributed by atoms with E-state index in [1.807, 2.05) is 0 Å². The van der Waals surface area contributed by atoms with Gasteiger partial charge in [-0.1, -0.05) is 26.7 Å². The highest BCUT2D eigenvalue weighted by molar-refractivity contribution is 4.73. The Hall–Kier alpha value is -0.0400. The monoisotopic (exact) mass is 169 g/mol. The molecule has 1 nitrogen and oxygen atoms in total.